The molecule has 0 spiro atoms. The molecule has 35 heavy (non-hydrogen) atoms. The number of carbonyl (C=O) groups is 1. The van der Waals surface area contributed by atoms with E-state index in [1.165, 1.54) is 0 Å². The molecule has 1 aromatic carbocycles. The Hall–Kier alpha value is -3.45. The van der Waals surface area contributed by atoms with E-state index in [2.05, 4.69) is 5.32 Å². The Bertz CT molecular complexity index is 1180. The van der Waals surface area contributed by atoms with Crippen LogP contribution in [0.25, 0.3) is 12.2 Å². The van der Waals surface area contributed by atoms with Gasteiger partial charge in [0.1, 0.15) is 0 Å². The van der Waals surface area contributed by atoms with E-state index in [9.17, 15) is 4.79 Å². The lowest BCUT2D eigenvalue weighted by Crippen LogP contribution is -2.39. The standard InChI is InChI=1S/C28H32BFN4O/c30-29-33-24(13-7-6-12-23-10-4-3-5-11-23)14-16-26(33)22-27-17-15-25(34(27)29)18-19-28(35)32-21-9-2-1-8-20-31/h3-7,10-17,22H,1-2,8-9,18-21,31H2/p+1/b12-6+,13-7+. The van der Waals surface area contributed by atoms with Crippen molar-refractivity contribution in [2.45, 2.75) is 38.5 Å². The highest BCUT2D eigenvalue weighted by atomic mass is 19.1. The number of nitrogens with one attached hydrogen (secondary N) is 1. The number of fused-ring (bicyclic) bond motifs is 2. The quantitative estimate of drug-likeness (QED) is 0.272. The minimum absolute atomic E-state index is 0.00468. The summed E-state index contributed by atoms with van der Waals surface area (Å²) in [7, 11) is -1.35. The summed E-state index contributed by atoms with van der Waals surface area (Å²) < 4.78 is 19.1. The van der Waals surface area contributed by atoms with Crippen LogP contribution >= 0.6 is 0 Å². The molecule has 0 bridgehead atoms. The van der Waals surface area contributed by atoms with E-state index in [-0.39, 0.29) is 5.91 Å². The molecule has 0 radical (unpaired) electrons. The first-order valence-electron chi connectivity index (χ1n) is 12.4. The maximum Gasteiger partial charge on any atom is 0.846 e. The summed E-state index contributed by atoms with van der Waals surface area (Å²) in [5.41, 5.74) is 9.87. The van der Waals surface area contributed by atoms with Crippen LogP contribution in [0.1, 0.15) is 49.1 Å². The number of benzene rings is 1. The van der Waals surface area contributed by atoms with Gasteiger partial charge in [-0.15, -0.1) is 0 Å². The van der Waals surface area contributed by atoms with Crippen molar-refractivity contribution in [3.05, 3.63) is 95.5 Å². The van der Waals surface area contributed by atoms with Crippen molar-refractivity contribution in [3.8, 4) is 0 Å². The van der Waals surface area contributed by atoms with Gasteiger partial charge in [0.05, 0.1) is 0 Å². The highest BCUT2D eigenvalue weighted by Crippen LogP contribution is 2.26. The molecule has 1 aromatic heterocycles. The second-order valence-electron chi connectivity index (χ2n) is 8.81. The average molecular weight is 471 g/mol. The van der Waals surface area contributed by atoms with Crippen molar-refractivity contribution in [3.63, 3.8) is 0 Å². The third-order valence-corrected chi connectivity index (χ3v) is 6.26. The van der Waals surface area contributed by atoms with E-state index < -0.39 is 7.26 Å². The number of amides is 1. The lowest BCUT2D eigenvalue weighted by atomic mass is 9.96. The maximum atomic E-state index is 15.8. The van der Waals surface area contributed by atoms with Crippen molar-refractivity contribution in [2.24, 2.45) is 5.73 Å². The average Bonchev–Trinajstić information content (AvgIpc) is 3.48. The van der Waals surface area contributed by atoms with Crippen LogP contribution in [-0.4, -0.2) is 40.9 Å². The Morgan fingerprint density at radius 3 is 2.66 bits per heavy atom. The summed E-state index contributed by atoms with van der Waals surface area (Å²) >= 11 is 0. The third kappa shape index (κ3) is 6.37. The van der Waals surface area contributed by atoms with Crippen LogP contribution in [-0.2, 0) is 11.2 Å². The molecular formula is C28H33BFN4O+. The van der Waals surface area contributed by atoms with E-state index in [0.717, 1.165) is 54.0 Å². The molecule has 0 fully saturated rings. The normalized spacial score (nSPS) is 14.7. The Balaban J connectivity index is 1.37. The summed E-state index contributed by atoms with van der Waals surface area (Å²) in [5.74, 6) is 0.00468. The minimum atomic E-state index is -1.35. The molecule has 0 atom stereocenters. The van der Waals surface area contributed by atoms with E-state index >= 15 is 4.32 Å². The first-order chi connectivity index (χ1) is 17.2. The number of nitrogens with two attached hydrogens (primary N) is 1. The largest absolute Gasteiger partial charge is 0.846 e. The molecule has 1 amide bonds. The van der Waals surface area contributed by atoms with E-state index in [0.29, 0.717) is 25.9 Å². The fraction of sp³-hybridized carbons (Fsp3) is 0.286. The molecule has 2 aromatic rings. The highest BCUT2D eigenvalue weighted by molar-refractivity contribution is 6.43. The lowest BCUT2D eigenvalue weighted by Gasteiger charge is -2.15. The molecule has 0 saturated carbocycles. The molecule has 0 saturated heterocycles. The van der Waals surface area contributed by atoms with Crippen LogP contribution in [0.2, 0.25) is 0 Å². The molecule has 4 rings (SSSR count). The number of rotatable bonds is 12. The van der Waals surface area contributed by atoms with Crippen LogP contribution in [0.4, 0.5) is 4.32 Å². The van der Waals surface area contributed by atoms with Crippen molar-refractivity contribution >= 4 is 31.0 Å². The van der Waals surface area contributed by atoms with Gasteiger partial charge in [-0.1, -0.05) is 61.4 Å². The zero-order chi connectivity index (χ0) is 24.5. The van der Waals surface area contributed by atoms with Gasteiger partial charge in [0.2, 0.25) is 5.91 Å². The lowest BCUT2D eigenvalue weighted by molar-refractivity contribution is -0.333. The molecule has 3 heterocycles. The van der Waals surface area contributed by atoms with Gasteiger partial charge in [-0.2, -0.15) is 0 Å². The van der Waals surface area contributed by atoms with Gasteiger partial charge < -0.3 is 11.1 Å². The van der Waals surface area contributed by atoms with Crippen LogP contribution < -0.4 is 11.1 Å². The summed E-state index contributed by atoms with van der Waals surface area (Å²) in [4.78, 5) is 12.3. The molecule has 2 aliphatic rings. The van der Waals surface area contributed by atoms with E-state index in [4.69, 9.17) is 5.73 Å². The number of nitrogens with zero attached hydrogens (tertiary/aromatic N) is 2. The molecule has 180 valence electrons. The molecule has 2 aliphatic heterocycles. The van der Waals surface area contributed by atoms with E-state index in [1.807, 2.05) is 85.0 Å². The monoisotopic (exact) mass is 471 g/mol. The number of unbranched alkanes of at least 4 members (excludes halogenated alkanes) is 3. The summed E-state index contributed by atoms with van der Waals surface area (Å²) in [6.07, 6.45) is 18.7. The number of halogens is 1. The summed E-state index contributed by atoms with van der Waals surface area (Å²) in [6, 6.07) is 13.9. The van der Waals surface area contributed by atoms with Gasteiger partial charge in [0.25, 0.3) is 0 Å². The van der Waals surface area contributed by atoms with Crippen molar-refractivity contribution in [1.82, 2.24) is 9.79 Å². The van der Waals surface area contributed by atoms with Crippen LogP contribution in [0.15, 0.2) is 78.5 Å². The zero-order valence-electron chi connectivity index (χ0n) is 20.1. The summed E-state index contributed by atoms with van der Waals surface area (Å²) in [6.45, 7) is 1.39. The van der Waals surface area contributed by atoms with Gasteiger partial charge in [0.15, 0.2) is 11.4 Å². The first kappa shape index (κ1) is 24.7. The predicted octanol–water partition coefficient (Wildman–Crippen LogP) is 4.51. The second kappa shape index (κ2) is 12.3. The van der Waals surface area contributed by atoms with Crippen LogP contribution in [0.3, 0.4) is 0 Å². The number of hydrogen-bond donors (Lipinski definition) is 2. The topological polar surface area (TPSA) is 63.1 Å². The minimum Gasteiger partial charge on any atom is -0.356 e. The number of hydrogen-bond acceptors (Lipinski definition) is 2. The molecule has 7 heteroatoms. The molecular weight excluding hydrogens is 438 g/mol. The Kier molecular flexibility index (Phi) is 8.68. The van der Waals surface area contributed by atoms with Crippen molar-refractivity contribution in [2.75, 3.05) is 13.1 Å². The third-order valence-electron chi connectivity index (χ3n) is 6.26. The fourth-order valence-corrected chi connectivity index (χ4v) is 4.40. The van der Waals surface area contributed by atoms with E-state index in [1.54, 1.807) is 8.96 Å². The Labute approximate surface area is 207 Å². The smallest absolute Gasteiger partial charge is 0.356 e. The van der Waals surface area contributed by atoms with Gasteiger partial charge in [0, 0.05) is 48.7 Å². The molecule has 3 N–H and O–H groups in total. The Morgan fingerprint density at radius 1 is 1.03 bits per heavy atom. The zero-order valence-corrected chi connectivity index (χ0v) is 20.1. The van der Waals surface area contributed by atoms with Crippen LogP contribution in [0, 0.1) is 0 Å². The van der Waals surface area contributed by atoms with Gasteiger partial charge in [-0.25, -0.2) is 8.80 Å². The van der Waals surface area contributed by atoms with Gasteiger partial charge in [-0.05, 0) is 43.5 Å². The number of allylic oxidation sites excluding steroid dienone is 5. The summed E-state index contributed by atoms with van der Waals surface area (Å²) in [5, 5.41) is 2.97. The number of carbonyl (C=O) groups excluding carboxylic acids is 1. The fourth-order valence-electron chi connectivity index (χ4n) is 4.40. The van der Waals surface area contributed by atoms with Crippen molar-refractivity contribution < 1.29 is 13.6 Å². The number of aryl methyl sites for hydroxylation is 1. The first-order valence-corrected chi connectivity index (χ1v) is 12.4. The Morgan fingerprint density at radius 2 is 1.83 bits per heavy atom. The van der Waals surface area contributed by atoms with Gasteiger partial charge in [-0.3, -0.25) is 9.27 Å². The van der Waals surface area contributed by atoms with Crippen LogP contribution in [0.5, 0.6) is 0 Å². The SMILES string of the molecule is NCCCCCCNC(=O)CCc1ccc2n1B(F)[N+]1=C(/C=C/C=C/c3ccccc3)C=CC1=C2. The highest BCUT2D eigenvalue weighted by Gasteiger charge is 2.47. The maximum absolute atomic E-state index is 15.8. The van der Waals surface area contributed by atoms with Crippen molar-refractivity contribution in [1.29, 1.82) is 0 Å². The molecule has 0 aliphatic carbocycles. The molecule has 0 unspecified atom stereocenters. The van der Waals surface area contributed by atoms with Gasteiger partial charge >= 0.3 is 7.26 Å². The second-order valence-corrected chi connectivity index (χ2v) is 8.81. The molecule has 5 nitrogen and oxygen atoms in total. The number of aromatic nitrogens is 1. The predicted molar refractivity (Wildman–Crippen MR) is 143 cm³/mol.